The lowest BCUT2D eigenvalue weighted by atomic mass is 9.92. The van der Waals surface area contributed by atoms with Crippen molar-refractivity contribution in [2.45, 2.75) is 43.9 Å². The van der Waals surface area contributed by atoms with E-state index >= 15 is 0 Å². The van der Waals surface area contributed by atoms with Crippen LogP contribution in [0.1, 0.15) is 24.8 Å². The van der Waals surface area contributed by atoms with Crippen LogP contribution in [0.25, 0.3) is 0 Å². The molecule has 1 aromatic rings. The second-order valence-corrected chi connectivity index (χ2v) is 5.09. The summed E-state index contributed by atoms with van der Waals surface area (Å²) in [5.74, 6) is -0.288. The average Bonchev–Trinajstić information content (AvgIpc) is 2.45. The van der Waals surface area contributed by atoms with Crippen molar-refractivity contribution in [3.63, 3.8) is 0 Å². The van der Waals surface area contributed by atoms with Gasteiger partial charge < -0.3 is 15.2 Å². The van der Waals surface area contributed by atoms with E-state index in [1.54, 1.807) is 0 Å². The third-order valence-corrected chi connectivity index (χ3v) is 3.61. The van der Waals surface area contributed by atoms with Crippen molar-refractivity contribution in [2.24, 2.45) is 0 Å². The molecule has 104 valence electrons. The van der Waals surface area contributed by atoms with E-state index in [0.29, 0.717) is 12.8 Å². The highest BCUT2D eigenvalue weighted by atomic mass is 16.5. The first-order valence-electron chi connectivity index (χ1n) is 6.75. The third-order valence-electron chi connectivity index (χ3n) is 3.61. The highest BCUT2D eigenvalue weighted by molar-refractivity contribution is 5.75. The van der Waals surface area contributed by atoms with Crippen LogP contribution < -0.4 is 5.32 Å². The molecule has 0 unspecified atom stereocenters. The molecule has 1 heterocycles. The molecule has 0 aliphatic carbocycles. The molecule has 0 aromatic heterocycles. The van der Waals surface area contributed by atoms with Crippen LogP contribution >= 0.6 is 0 Å². The summed E-state index contributed by atoms with van der Waals surface area (Å²) in [5.41, 5.74) is 1.28. The number of ether oxygens (including phenoxy) is 1. The number of benzene rings is 1. The first-order valence-corrected chi connectivity index (χ1v) is 6.75. The largest absolute Gasteiger partial charge is 0.468 e. The highest BCUT2D eigenvalue weighted by Crippen LogP contribution is 2.18. The van der Waals surface area contributed by atoms with Gasteiger partial charge in [0.2, 0.25) is 0 Å². The van der Waals surface area contributed by atoms with Gasteiger partial charge in [-0.3, -0.25) is 4.79 Å². The minimum atomic E-state index is -0.425. The molecule has 2 N–H and O–H groups in total. The number of methoxy groups -OCH3 is 1. The number of carbonyl (C=O) groups excluding carboxylic acids is 1. The minimum absolute atomic E-state index is 0.160. The van der Waals surface area contributed by atoms with Gasteiger partial charge in [0, 0.05) is 6.04 Å². The molecule has 0 amide bonds. The summed E-state index contributed by atoms with van der Waals surface area (Å²) in [6.07, 6.45) is 2.56. The molecule has 0 radical (unpaired) electrons. The lowest BCUT2D eigenvalue weighted by molar-refractivity contribution is -0.145. The molecule has 1 aliphatic heterocycles. The fraction of sp³-hybridized carbons (Fsp3) is 0.533. The number of esters is 1. The van der Waals surface area contributed by atoms with E-state index in [1.165, 1.54) is 12.7 Å². The Hall–Kier alpha value is -1.39. The lowest BCUT2D eigenvalue weighted by Gasteiger charge is -2.32. The van der Waals surface area contributed by atoms with Crippen molar-refractivity contribution in [3.8, 4) is 0 Å². The van der Waals surface area contributed by atoms with E-state index in [1.807, 2.05) is 18.2 Å². The Balaban J connectivity index is 1.87. The highest BCUT2D eigenvalue weighted by Gasteiger charge is 2.31. The third kappa shape index (κ3) is 4.04. The zero-order valence-electron chi connectivity index (χ0n) is 11.2. The second kappa shape index (κ2) is 6.68. The van der Waals surface area contributed by atoms with Gasteiger partial charge in [0.05, 0.1) is 13.2 Å². The first kappa shape index (κ1) is 14.0. The van der Waals surface area contributed by atoms with Gasteiger partial charge in [-0.2, -0.15) is 0 Å². The fourth-order valence-electron chi connectivity index (χ4n) is 2.61. The maximum absolute atomic E-state index is 11.5. The van der Waals surface area contributed by atoms with Gasteiger partial charge >= 0.3 is 5.97 Å². The van der Waals surface area contributed by atoms with Crippen molar-refractivity contribution in [1.29, 1.82) is 0 Å². The number of hydrogen-bond donors (Lipinski definition) is 2. The van der Waals surface area contributed by atoms with Crippen LogP contribution in [0.3, 0.4) is 0 Å². The first-order chi connectivity index (χ1) is 9.19. The van der Waals surface area contributed by atoms with Crippen LogP contribution in [0.4, 0.5) is 0 Å². The van der Waals surface area contributed by atoms with Crippen LogP contribution in [-0.2, 0) is 16.0 Å². The summed E-state index contributed by atoms with van der Waals surface area (Å²) in [4.78, 5) is 11.5. The van der Waals surface area contributed by atoms with Gasteiger partial charge in [-0.05, 0) is 31.2 Å². The molecule has 0 spiro atoms. The molecule has 19 heavy (non-hydrogen) atoms. The Labute approximate surface area is 113 Å². The number of hydrogen-bond acceptors (Lipinski definition) is 4. The number of piperidine rings is 1. The molecule has 0 bridgehead atoms. The van der Waals surface area contributed by atoms with Gasteiger partial charge in [0.1, 0.15) is 6.04 Å². The number of aryl methyl sites for hydroxylation is 1. The minimum Gasteiger partial charge on any atom is -0.468 e. The molecular weight excluding hydrogens is 242 g/mol. The summed E-state index contributed by atoms with van der Waals surface area (Å²) in [6, 6.07) is 10.0. The van der Waals surface area contributed by atoms with E-state index < -0.39 is 6.10 Å². The van der Waals surface area contributed by atoms with Crippen LogP contribution in [0.5, 0.6) is 0 Å². The van der Waals surface area contributed by atoms with E-state index in [0.717, 1.165) is 12.8 Å². The quantitative estimate of drug-likeness (QED) is 0.803. The fourth-order valence-corrected chi connectivity index (χ4v) is 2.61. The van der Waals surface area contributed by atoms with Crippen molar-refractivity contribution >= 4 is 5.97 Å². The number of rotatable bonds is 4. The van der Waals surface area contributed by atoms with Gasteiger partial charge in [-0.1, -0.05) is 30.3 Å². The number of carbonyl (C=O) groups is 1. The standard InChI is InChI=1S/C15H21NO3/c1-19-15(18)14-10-13(17)9-12(16-14)8-7-11-5-3-2-4-6-11/h2-6,12-14,16-17H,7-10H2,1H3/t12-,13+,14-/m0/s1. The predicted octanol–water partition coefficient (Wildman–Crippen LogP) is 1.27. The number of nitrogens with one attached hydrogen (secondary N) is 1. The zero-order chi connectivity index (χ0) is 13.7. The Bertz CT molecular complexity index is 407. The molecule has 1 aliphatic rings. The van der Waals surface area contributed by atoms with Crippen LogP contribution in [0, 0.1) is 0 Å². The molecule has 1 aromatic carbocycles. The number of aliphatic hydroxyl groups is 1. The van der Waals surface area contributed by atoms with E-state index in [2.05, 4.69) is 17.4 Å². The maximum atomic E-state index is 11.5. The SMILES string of the molecule is COC(=O)[C@@H]1C[C@H](O)C[C@H](CCc2ccccc2)N1. The smallest absolute Gasteiger partial charge is 0.322 e. The number of aliphatic hydroxyl groups excluding tert-OH is 1. The van der Waals surface area contributed by atoms with E-state index in [9.17, 15) is 9.90 Å². The van der Waals surface area contributed by atoms with E-state index in [-0.39, 0.29) is 18.1 Å². The van der Waals surface area contributed by atoms with Crippen LogP contribution in [0.2, 0.25) is 0 Å². The molecule has 4 nitrogen and oxygen atoms in total. The molecule has 4 heteroatoms. The van der Waals surface area contributed by atoms with Crippen molar-refractivity contribution < 1.29 is 14.6 Å². The van der Waals surface area contributed by atoms with Gasteiger partial charge in [-0.25, -0.2) is 0 Å². The van der Waals surface area contributed by atoms with Crippen molar-refractivity contribution in [2.75, 3.05) is 7.11 Å². The summed E-state index contributed by atoms with van der Waals surface area (Å²) in [6.45, 7) is 0. The van der Waals surface area contributed by atoms with Gasteiger partial charge in [0.25, 0.3) is 0 Å². The van der Waals surface area contributed by atoms with Crippen molar-refractivity contribution in [3.05, 3.63) is 35.9 Å². The molecule has 3 atom stereocenters. The summed E-state index contributed by atoms with van der Waals surface area (Å²) in [5, 5.41) is 13.1. The Morgan fingerprint density at radius 2 is 2.11 bits per heavy atom. The van der Waals surface area contributed by atoms with Crippen LogP contribution in [-0.4, -0.2) is 36.4 Å². The average molecular weight is 263 g/mol. The maximum Gasteiger partial charge on any atom is 0.322 e. The van der Waals surface area contributed by atoms with Gasteiger partial charge in [0.15, 0.2) is 0 Å². The Morgan fingerprint density at radius 3 is 2.79 bits per heavy atom. The Morgan fingerprint density at radius 1 is 1.37 bits per heavy atom. The summed E-state index contributed by atoms with van der Waals surface area (Å²) in [7, 11) is 1.38. The molecular formula is C15H21NO3. The topological polar surface area (TPSA) is 58.6 Å². The molecule has 1 fully saturated rings. The Kier molecular flexibility index (Phi) is 4.93. The molecule has 0 saturated carbocycles. The normalized spacial score (nSPS) is 26.9. The predicted molar refractivity (Wildman–Crippen MR) is 72.7 cm³/mol. The monoisotopic (exact) mass is 263 g/mol. The molecule has 1 saturated heterocycles. The summed E-state index contributed by atoms with van der Waals surface area (Å²) >= 11 is 0. The molecule has 2 rings (SSSR count). The van der Waals surface area contributed by atoms with Gasteiger partial charge in [-0.15, -0.1) is 0 Å². The zero-order valence-corrected chi connectivity index (χ0v) is 11.2. The van der Waals surface area contributed by atoms with Crippen molar-refractivity contribution in [1.82, 2.24) is 5.32 Å². The lowest BCUT2D eigenvalue weighted by Crippen LogP contribution is -2.51. The second-order valence-electron chi connectivity index (χ2n) is 5.09. The van der Waals surface area contributed by atoms with Crippen LogP contribution in [0.15, 0.2) is 30.3 Å². The van der Waals surface area contributed by atoms with E-state index in [4.69, 9.17) is 4.74 Å². The summed E-state index contributed by atoms with van der Waals surface area (Å²) < 4.78 is 4.74.